The van der Waals surface area contributed by atoms with Gasteiger partial charge in [-0.3, -0.25) is 0 Å². The van der Waals surface area contributed by atoms with Crippen molar-refractivity contribution in [3.8, 4) is 0 Å². The van der Waals surface area contributed by atoms with Gasteiger partial charge in [-0.2, -0.15) is 0 Å². The molecule has 1 aromatic rings. The van der Waals surface area contributed by atoms with Crippen LogP contribution >= 0.6 is 12.2 Å². The highest BCUT2D eigenvalue weighted by atomic mass is 32.1. The third kappa shape index (κ3) is 3.14. The summed E-state index contributed by atoms with van der Waals surface area (Å²) in [6.07, 6.45) is 3.00. The van der Waals surface area contributed by atoms with Gasteiger partial charge < -0.3 is 15.4 Å². The number of hydrogen-bond donors (Lipinski definition) is 1. The molecular weight excluding hydrogens is 234 g/mol. The Morgan fingerprint density at radius 2 is 2.47 bits per heavy atom. The van der Waals surface area contributed by atoms with Gasteiger partial charge >= 0.3 is 0 Å². The van der Waals surface area contributed by atoms with Crippen molar-refractivity contribution in [2.24, 2.45) is 5.73 Å². The van der Waals surface area contributed by atoms with Crippen LogP contribution in [0.15, 0.2) is 18.3 Å². The monoisotopic (exact) mass is 251 g/mol. The summed E-state index contributed by atoms with van der Waals surface area (Å²) in [4.78, 5) is 7.01. The number of pyridine rings is 1. The molecule has 1 saturated heterocycles. The second kappa shape index (κ2) is 5.42. The van der Waals surface area contributed by atoms with E-state index in [9.17, 15) is 0 Å². The molecule has 17 heavy (non-hydrogen) atoms. The van der Waals surface area contributed by atoms with E-state index in [1.54, 1.807) is 6.20 Å². The quantitative estimate of drug-likeness (QED) is 0.804. The number of anilines is 1. The fourth-order valence-corrected chi connectivity index (χ4v) is 2.07. The first-order chi connectivity index (χ1) is 8.16. The van der Waals surface area contributed by atoms with Crippen molar-refractivity contribution in [3.63, 3.8) is 0 Å². The van der Waals surface area contributed by atoms with E-state index < -0.39 is 0 Å². The van der Waals surface area contributed by atoms with Crippen molar-refractivity contribution in [1.29, 1.82) is 0 Å². The number of nitrogens with zero attached hydrogens (tertiary/aromatic N) is 2. The summed E-state index contributed by atoms with van der Waals surface area (Å²) in [7, 11) is 0. The zero-order valence-corrected chi connectivity index (χ0v) is 10.7. The second-order valence-electron chi connectivity index (χ2n) is 4.25. The normalized spacial score (nSPS) is 21.0. The maximum atomic E-state index is 5.63. The maximum absolute atomic E-state index is 5.63. The minimum atomic E-state index is 0.229. The first-order valence-corrected chi connectivity index (χ1v) is 6.20. The molecule has 2 heterocycles. The Kier molecular flexibility index (Phi) is 3.91. The van der Waals surface area contributed by atoms with Crippen LogP contribution in [-0.4, -0.2) is 35.8 Å². The molecule has 5 heteroatoms. The summed E-state index contributed by atoms with van der Waals surface area (Å²) in [5.41, 5.74) is 6.49. The molecule has 92 valence electrons. The van der Waals surface area contributed by atoms with Crippen LogP contribution in [0.4, 0.5) is 5.82 Å². The van der Waals surface area contributed by atoms with Gasteiger partial charge in [0, 0.05) is 31.5 Å². The Bertz CT molecular complexity index is 410. The van der Waals surface area contributed by atoms with E-state index >= 15 is 0 Å². The summed E-state index contributed by atoms with van der Waals surface area (Å²) in [5.74, 6) is 0.924. The van der Waals surface area contributed by atoms with E-state index in [4.69, 9.17) is 22.7 Å². The lowest BCUT2D eigenvalue weighted by Crippen LogP contribution is -2.31. The Morgan fingerprint density at radius 3 is 3.24 bits per heavy atom. The van der Waals surface area contributed by atoms with Crippen LogP contribution in [0.3, 0.4) is 0 Å². The van der Waals surface area contributed by atoms with E-state index in [2.05, 4.69) is 16.8 Å². The minimum absolute atomic E-state index is 0.229. The maximum Gasteiger partial charge on any atom is 0.129 e. The summed E-state index contributed by atoms with van der Waals surface area (Å²) in [6, 6.07) is 3.78. The predicted molar refractivity (Wildman–Crippen MR) is 72.4 cm³/mol. The summed E-state index contributed by atoms with van der Waals surface area (Å²) >= 11 is 4.98. The molecule has 1 fully saturated rings. The highest BCUT2D eigenvalue weighted by Crippen LogP contribution is 2.16. The lowest BCUT2D eigenvalue weighted by atomic mass is 10.2. The molecule has 4 nitrogen and oxygen atoms in total. The summed E-state index contributed by atoms with van der Waals surface area (Å²) in [6.45, 7) is 4.70. The molecule has 0 radical (unpaired) electrons. The van der Waals surface area contributed by atoms with Gasteiger partial charge in [-0.1, -0.05) is 12.2 Å². The summed E-state index contributed by atoms with van der Waals surface area (Å²) in [5, 5.41) is 0. The number of ether oxygens (including phenoxy) is 1. The van der Waals surface area contributed by atoms with Crippen molar-refractivity contribution < 1.29 is 4.74 Å². The van der Waals surface area contributed by atoms with Crippen LogP contribution in [-0.2, 0) is 4.74 Å². The fraction of sp³-hybridized carbons (Fsp3) is 0.500. The lowest BCUT2D eigenvalue weighted by molar-refractivity contribution is 0.0820. The third-order valence-corrected chi connectivity index (χ3v) is 3.04. The number of thiocarbonyl (C=S) groups is 1. The topological polar surface area (TPSA) is 51.4 Å². The van der Waals surface area contributed by atoms with Crippen LogP contribution < -0.4 is 10.6 Å². The zero-order valence-electron chi connectivity index (χ0n) is 9.93. The lowest BCUT2D eigenvalue weighted by Gasteiger charge is -2.23. The van der Waals surface area contributed by atoms with Gasteiger partial charge in [0.15, 0.2) is 0 Å². The minimum Gasteiger partial charge on any atom is -0.389 e. The Hall–Kier alpha value is -1.20. The van der Waals surface area contributed by atoms with E-state index in [-0.39, 0.29) is 6.10 Å². The molecule has 0 spiro atoms. The summed E-state index contributed by atoms with van der Waals surface area (Å²) < 4.78 is 5.61. The van der Waals surface area contributed by atoms with Crippen LogP contribution in [0.1, 0.15) is 18.9 Å². The molecule has 1 aliphatic rings. The van der Waals surface area contributed by atoms with Crippen LogP contribution in [0.2, 0.25) is 0 Å². The number of hydrogen-bond acceptors (Lipinski definition) is 4. The molecule has 1 aromatic heterocycles. The van der Waals surface area contributed by atoms with Crippen LogP contribution in [0, 0.1) is 0 Å². The Morgan fingerprint density at radius 1 is 1.65 bits per heavy atom. The molecule has 0 bridgehead atoms. The molecule has 1 atom stereocenters. The van der Waals surface area contributed by atoms with Crippen molar-refractivity contribution in [2.45, 2.75) is 19.4 Å². The van der Waals surface area contributed by atoms with Gasteiger partial charge in [0.25, 0.3) is 0 Å². The van der Waals surface area contributed by atoms with E-state index in [0.717, 1.165) is 37.5 Å². The number of nitrogens with two attached hydrogens (primary N) is 1. The Balaban J connectivity index is 2.20. The molecule has 0 amide bonds. The molecule has 2 N–H and O–H groups in total. The standard InChI is InChI=1S/C12H17N3OS/c1-9-8-15(5-2-6-16-9)11-7-10(12(13)17)3-4-14-11/h3-4,7,9H,2,5-6,8H2,1H3,(H2,13,17). The number of aromatic nitrogens is 1. The van der Waals surface area contributed by atoms with Crippen LogP contribution in [0.25, 0.3) is 0 Å². The highest BCUT2D eigenvalue weighted by Gasteiger charge is 2.16. The van der Waals surface area contributed by atoms with Gasteiger partial charge in [0.1, 0.15) is 10.8 Å². The smallest absolute Gasteiger partial charge is 0.129 e. The molecule has 1 aliphatic heterocycles. The van der Waals surface area contributed by atoms with Crippen molar-refractivity contribution >= 4 is 23.0 Å². The molecule has 0 aromatic carbocycles. The second-order valence-corrected chi connectivity index (χ2v) is 4.69. The number of rotatable bonds is 2. The van der Waals surface area contributed by atoms with E-state index in [0.29, 0.717) is 4.99 Å². The first-order valence-electron chi connectivity index (χ1n) is 5.79. The van der Waals surface area contributed by atoms with Gasteiger partial charge in [-0.25, -0.2) is 4.98 Å². The largest absolute Gasteiger partial charge is 0.389 e. The fourth-order valence-electron chi connectivity index (χ4n) is 1.95. The molecule has 0 saturated carbocycles. The third-order valence-electron chi connectivity index (χ3n) is 2.81. The van der Waals surface area contributed by atoms with Gasteiger partial charge in [0.2, 0.25) is 0 Å². The van der Waals surface area contributed by atoms with Gasteiger partial charge in [-0.15, -0.1) is 0 Å². The molecular formula is C12H17N3OS. The van der Waals surface area contributed by atoms with Crippen molar-refractivity contribution in [2.75, 3.05) is 24.6 Å². The molecule has 0 aliphatic carbocycles. The average molecular weight is 251 g/mol. The zero-order chi connectivity index (χ0) is 12.3. The van der Waals surface area contributed by atoms with E-state index in [1.807, 2.05) is 12.1 Å². The molecule has 1 unspecified atom stereocenters. The highest BCUT2D eigenvalue weighted by molar-refractivity contribution is 7.80. The first kappa shape index (κ1) is 12.3. The predicted octanol–water partition coefficient (Wildman–Crippen LogP) is 1.33. The van der Waals surface area contributed by atoms with Gasteiger partial charge in [0.05, 0.1) is 6.10 Å². The SMILES string of the molecule is CC1CN(c2cc(C(N)=S)ccn2)CCCO1. The average Bonchev–Trinajstić information content (AvgIpc) is 2.54. The van der Waals surface area contributed by atoms with Crippen molar-refractivity contribution in [3.05, 3.63) is 23.9 Å². The van der Waals surface area contributed by atoms with Gasteiger partial charge in [-0.05, 0) is 25.5 Å². The van der Waals surface area contributed by atoms with E-state index in [1.165, 1.54) is 0 Å². The van der Waals surface area contributed by atoms with Crippen LogP contribution in [0.5, 0.6) is 0 Å². The Labute approximate surface area is 107 Å². The van der Waals surface area contributed by atoms with Crippen molar-refractivity contribution in [1.82, 2.24) is 4.98 Å². The molecule has 2 rings (SSSR count).